The summed E-state index contributed by atoms with van der Waals surface area (Å²) in [5.41, 5.74) is 3.13. The van der Waals surface area contributed by atoms with E-state index >= 15 is 0 Å². The smallest absolute Gasteiger partial charge is 0.254 e. The highest BCUT2D eigenvalue weighted by atomic mass is 32.2. The molecule has 0 radical (unpaired) electrons. The van der Waals surface area contributed by atoms with Gasteiger partial charge in [0.1, 0.15) is 5.03 Å². The maximum atomic E-state index is 12.1. The first-order valence-corrected chi connectivity index (χ1v) is 9.49. The molecule has 2 heterocycles. The molecule has 2 aliphatic carbocycles. The summed E-state index contributed by atoms with van der Waals surface area (Å²) in [6, 6.07) is 0. The molecule has 2 aliphatic rings. The summed E-state index contributed by atoms with van der Waals surface area (Å²) in [5.74, 6) is 0.785. The number of aryl methyl sites for hydroxylation is 2. The van der Waals surface area contributed by atoms with Crippen LogP contribution in [0.25, 0.3) is 0 Å². The van der Waals surface area contributed by atoms with Gasteiger partial charge in [-0.2, -0.15) is 0 Å². The van der Waals surface area contributed by atoms with Crippen LogP contribution in [-0.2, 0) is 25.6 Å². The molecule has 1 N–H and O–H groups in total. The topological polar surface area (TPSA) is 63.6 Å². The minimum absolute atomic E-state index is 0.0441. The first kappa shape index (κ1) is 14.4. The molecule has 7 heteroatoms. The number of rotatable bonds is 5. The zero-order valence-corrected chi connectivity index (χ0v) is 14.1. The maximum absolute atomic E-state index is 12.1. The Hall–Kier alpha value is -1.21. The Balaban J connectivity index is 1.52. The van der Waals surface area contributed by atoms with E-state index in [-0.39, 0.29) is 5.56 Å². The van der Waals surface area contributed by atoms with Crippen molar-refractivity contribution >= 4 is 23.5 Å². The first-order valence-electron chi connectivity index (χ1n) is 7.62. The summed E-state index contributed by atoms with van der Waals surface area (Å²) < 4.78 is 2.07. The SMILES string of the molecule is Cn1cnc(SC2CC2)c1CSc1nc2c(c(=O)[nH]1)CCC2. The molecule has 0 atom stereocenters. The molecule has 1 fully saturated rings. The number of nitrogens with zero attached hydrogens (tertiary/aromatic N) is 3. The van der Waals surface area contributed by atoms with Crippen molar-refractivity contribution in [3.63, 3.8) is 0 Å². The Kier molecular flexibility index (Phi) is 3.78. The molecule has 2 aromatic heterocycles. The van der Waals surface area contributed by atoms with E-state index in [9.17, 15) is 4.79 Å². The molecule has 0 unspecified atom stereocenters. The summed E-state index contributed by atoms with van der Waals surface area (Å²) in [4.78, 5) is 24.1. The minimum atomic E-state index is 0.0441. The van der Waals surface area contributed by atoms with Crippen molar-refractivity contribution in [2.45, 2.75) is 53.3 Å². The zero-order chi connectivity index (χ0) is 15.1. The van der Waals surface area contributed by atoms with Crippen molar-refractivity contribution in [3.05, 3.63) is 33.6 Å². The molecular weight excluding hydrogens is 316 g/mol. The fraction of sp³-hybridized carbons (Fsp3) is 0.533. The number of hydrogen-bond acceptors (Lipinski definition) is 5. The Labute approximate surface area is 137 Å². The average molecular weight is 334 g/mol. The molecular formula is C15H18N4OS2. The van der Waals surface area contributed by atoms with E-state index in [2.05, 4.69) is 19.5 Å². The molecule has 1 saturated carbocycles. The van der Waals surface area contributed by atoms with Crippen molar-refractivity contribution in [1.29, 1.82) is 0 Å². The molecule has 5 nitrogen and oxygen atoms in total. The predicted molar refractivity (Wildman–Crippen MR) is 88.5 cm³/mol. The van der Waals surface area contributed by atoms with E-state index in [0.717, 1.165) is 51.7 Å². The Morgan fingerprint density at radius 1 is 1.41 bits per heavy atom. The molecule has 2 aromatic rings. The van der Waals surface area contributed by atoms with Gasteiger partial charge in [0, 0.05) is 23.6 Å². The largest absolute Gasteiger partial charge is 0.336 e. The van der Waals surface area contributed by atoms with Gasteiger partial charge in [-0.1, -0.05) is 11.8 Å². The fourth-order valence-corrected chi connectivity index (χ4v) is 4.86. The lowest BCUT2D eigenvalue weighted by Gasteiger charge is -2.06. The number of thioether (sulfide) groups is 2. The summed E-state index contributed by atoms with van der Waals surface area (Å²) in [6.07, 6.45) is 7.32. The van der Waals surface area contributed by atoms with Crippen LogP contribution >= 0.6 is 23.5 Å². The molecule has 0 saturated heterocycles. The van der Waals surface area contributed by atoms with Crippen molar-refractivity contribution in [3.8, 4) is 0 Å². The van der Waals surface area contributed by atoms with Gasteiger partial charge in [0.2, 0.25) is 0 Å². The molecule has 22 heavy (non-hydrogen) atoms. The van der Waals surface area contributed by atoms with Crippen molar-refractivity contribution in [2.75, 3.05) is 0 Å². The van der Waals surface area contributed by atoms with Gasteiger partial charge in [-0.15, -0.1) is 11.8 Å². The van der Waals surface area contributed by atoms with Crippen LogP contribution in [-0.4, -0.2) is 24.8 Å². The number of imidazole rings is 1. The number of nitrogens with one attached hydrogen (secondary N) is 1. The maximum Gasteiger partial charge on any atom is 0.254 e. The van der Waals surface area contributed by atoms with Crippen LogP contribution in [0.3, 0.4) is 0 Å². The quantitative estimate of drug-likeness (QED) is 0.672. The fourth-order valence-electron chi connectivity index (χ4n) is 2.66. The highest BCUT2D eigenvalue weighted by molar-refractivity contribution is 8.00. The lowest BCUT2D eigenvalue weighted by molar-refractivity contribution is 0.849. The van der Waals surface area contributed by atoms with Gasteiger partial charge in [0.25, 0.3) is 5.56 Å². The second-order valence-corrected chi connectivity index (χ2v) is 8.12. The van der Waals surface area contributed by atoms with Crippen LogP contribution in [0.1, 0.15) is 36.2 Å². The van der Waals surface area contributed by atoms with Crippen molar-refractivity contribution in [2.24, 2.45) is 7.05 Å². The zero-order valence-electron chi connectivity index (χ0n) is 12.5. The Bertz CT molecular complexity index is 763. The van der Waals surface area contributed by atoms with Gasteiger partial charge in [-0.05, 0) is 32.1 Å². The van der Waals surface area contributed by atoms with Gasteiger partial charge < -0.3 is 9.55 Å². The van der Waals surface area contributed by atoms with Crippen molar-refractivity contribution < 1.29 is 0 Å². The lowest BCUT2D eigenvalue weighted by Crippen LogP contribution is -2.15. The Morgan fingerprint density at radius 3 is 3.09 bits per heavy atom. The molecule has 0 bridgehead atoms. The van der Waals surface area contributed by atoms with E-state index in [4.69, 9.17) is 0 Å². The minimum Gasteiger partial charge on any atom is -0.336 e. The van der Waals surface area contributed by atoms with Gasteiger partial charge in [0.05, 0.1) is 17.7 Å². The van der Waals surface area contributed by atoms with Crippen LogP contribution < -0.4 is 5.56 Å². The van der Waals surface area contributed by atoms with Crippen molar-refractivity contribution in [1.82, 2.24) is 19.5 Å². The van der Waals surface area contributed by atoms with E-state index < -0.39 is 0 Å². The van der Waals surface area contributed by atoms with Crippen LogP contribution in [0.2, 0.25) is 0 Å². The molecule has 0 aromatic carbocycles. The van der Waals surface area contributed by atoms with Crippen LogP contribution in [0.4, 0.5) is 0 Å². The summed E-state index contributed by atoms with van der Waals surface area (Å²) in [5, 5.41) is 2.60. The lowest BCUT2D eigenvalue weighted by atomic mass is 10.3. The number of hydrogen-bond donors (Lipinski definition) is 1. The number of aromatic amines is 1. The third kappa shape index (κ3) is 2.84. The second kappa shape index (κ2) is 5.77. The van der Waals surface area contributed by atoms with Gasteiger partial charge in [-0.25, -0.2) is 9.97 Å². The van der Waals surface area contributed by atoms with E-state index in [1.165, 1.54) is 18.5 Å². The highest BCUT2D eigenvalue weighted by Gasteiger charge is 2.25. The summed E-state index contributed by atoms with van der Waals surface area (Å²) >= 11 is 3.47. The van der Waals surface area contributed by atoms with Gasteiger partial charge in [0.15, 0.2) is 5.16 Å². The third-order valence-corrected chi connectivity index (χ3v) is 6.34. The summed E-state index contributed by atoms with van der Waals surface area (Å²) in [7, 11) is 2.03. The molecule has 4 rings (SSSR count). The molecule has 0 spiro atoms. The second-order valence-electron chi connectivity index (χ2n) is 5.86. The molecule has 0 amide bonds. The van der Waals surface area contributed by atoms with E-state index in [1.54, 1.807) is 11.8 Å². The van der Waals surface area contributed by atoms with E-state index in [0.29, 0.717) is 0 Å². The average Bonchev–Trinajstić information content (AvgIpc) is 3.05. The van der Waals surface area contributed by atoms with Crippen LogP contribution in [0, 0.1) is 0 Å². The predicted octanol–water partition coefficient (Wildman–Crippen LogP) is 2.54. The van der Waals surface area contributed by atoms with E-state index in [1.807, 2.05) is 25.1 Å². The monoisotopic (exact) mass is 334 g/mol. The highest BCUT2D eigenvalue weighted by Crippen LogP contribution is 2.40. The van der Waals surface area contributed by atoms with Crippen LogP contribution in [0.15, 0.2) is 21.3 Å². The molecule has 116 valence electrons. The van der Waals surface area contributed by atoms with Crippen LogP contribution in [0.5, 0.6) is 0 Å². The standard InChI is InChI=1S/C15H18N4OS2/c1-19-8-16-14(22-9-5-6-9)12(19)7-21-15-17-11-4-2-3-10(11)13(20)18-15/h8-9H,2-7H2,1H3,(H,17,18,20). The summed E-state index contributed by atoms with van der Waals surface area (Å²) in [6.45, 7) is 0. The third-order valence-electron chi connectivity index (χ3n) is 4.09. The van der Waals surface area contributed by atoms with Gasteiger partial charge in [-0.3, -0.25) is 4.79 Å². The Morgan fingerprint density at radius 2 is 2.27 bits per heavy atom. The first-order chi connectivity index (χ1) is 10.7. The molecule has 0 aliphatic heterocycles. The van der Waals surface area contributed by atoms with Gasteiger partial charge >= 0.3 is 0 Å². The number of fused-ring (bicyclic) bond motifs is 1. The normalized spacial score (nSPS) is 17.0. The number of aromatic nitrogens is 4. The number of H-pyrrole nitrogens is 1.